The van der Waals surface area contributed by atoms with Crippen molar-refractivity contribution in [3.05, 3.63) is 40.8 Å². The minimum atomic E-state index is -0.785. The van der Waals surface area contributed by atoms with Crippen LogP contribution in [-0.4, -0.2) is 39.5 Å². The fourth-order valence-electron chi connectivity index (χ4n) is 1.84. The van der Waals surface area contributed by atoms with Crippen LogP contribution >= 0.6 is 15.9 Å². The van der Waals surface area contributed by atoms with Gasteiger partial charge in [-0.1, -0.05) is 28.1 Å². The minimum absolute atomic E-state index is 0.136. The van der Waals surface area contributed by atoms with Gasteiger partial charge in [-0.05, 0) is 24.7 Å². The molecule has 2 rings (SSSR count). The number of nitrogens with one attached hydrogen (secondary N) is 1. The molecule has 0 saturated carbocycles. The molecule has 0 amide bonds. The molecule has 1 aromatic heterocycles. The first-order valence-electron chi connectivity index (χ1n) is 6.25. The molecule has 6 heteroatoms. The number of rotatable bonds is 6. The SMILES string of the molecule is CN(CCC(=O)O)Cc1ncc(-c2ccc(Br)cc2)[nH]1. The van der Waals surface area contributed by atoms with Crippen molar-refractivity contribution < 1.29 is 9.90 Å². The summed E-state index contributed by atoms with van der Waals surface area (Å²) in [6.07, 6.45) is 1.93. The first-order valence-corrected chi connectivity index (χ1v) is 7.04. The van der Waals surface area contributed by atoms with E-state index in [1.165, 1.54) is 0 Å². The molecule has 0 radical (unpaired) electrons. The number of H-pyrrole nitrogens is 1. The summed E-state index contributed by atoms with van der Waals surface area (Å²) in [5, 5.41) is 8.65. The third kappa shape index (κ3) is 4.18. The molecule has 1 aromatic carbocycles. The van der Waals surface area contributed by atoms with Crippen LogP contribution in [0.3, 0.4) is 0 Å². The molecule has 1 heterocycles. The highest BCUT2D eigenvalue weighted by Gasteiger charge is 2.07. The van der Waals surface area contributed by atoms with Crippen LogP contribution in [0.4, 0.5) is 0 Å². The second kappa shape index (κ2) is 6.67. The Morgan fingerprint density at radius 2 is 2.10 bits per heavy atom. The fraction of sp³-hybridized carbons (Fsp3) is 0.286. The maximum atomic E-state index is 10.5. The molecule has 0 aliphatic heterocycles. The van der Waals surface area contributed by atoms with E-state index in [0.717, 1.165) is 21.6 Å². The lowest BCUT2D eigenvalue weighted by atomic mass is 10.2. The van der Waals surface area contributed by atoms with Gasteiger partial charge in [-0.3, -0.25) is 9.69 Å². The number of carboxylic acids is 1. The Balaban J connectivity index is 1.98. The van der Waals surface area contributed by atoms with Gasteiger partial charge in [0.1, 0.15) is 5.82 Å². The molecular weight excluding hydrogens is 322 g/mol. The largest absolute Gasteiger partial charge is 0.481 e. The van der Waals surface area contributed by atoms with Crippen LogP contribution in [0.15, 0.2) is 34.9 Å². The van der Waals surface area contributed by atoms with Gasteiger partial charge in [-0.25, -0.2) is 4.98 Å². The third-order valence-corrected chi connectivity index (χ3v) is 3.44. The van der Waals surface area contributed by atoms with Gasteiger partial charge in [-0.15, -0.1) is 0 Å². The van der Waals surface area contributed by atoms with E-state index in [-0.39, 0.29) is 6.42 Å². The van der Waals surface area contributed by atoms with Crippen LogP contribution in [0.5, 0.6) is 0 Å². The third-order valence-electron chi connectivity index (χ3n) is 2.91. The molecule has 0 aliphatic carbocycles. The number of aromatic nitrogens is 2. The number of aliphatic carboxylic acids is 1. The maximum absolute atomic E-state index is 10.5. The summed E-state index contributed by atoms with van der Waals surface area (Å²) in [6, 6.07) is 7.98. The van der Waals surface area contributed by atoms with Crippen molar-refractivity contribution in [1.82, 2.24) is 14.9 Å². The van der Waals surface area contributed by atoms with Gasteiger partial charge in [0.05, 0.1) is 24.9 Å². The molecule has 0 atom stereocenters. The van der Waals surface area contributed by atoms with Crippen LogP contribution in [0.25, 0.3) is 11.3 Å². The Kier molecular flexibility index (Phi) is 4.92. The summed E-state index contributed by atoms with van der Waals surface area (Å²) in [5.74, 6) is 0.0441. The highest BCUT2D eigenvalue weighted by molar-refractivity contribution is 9.10. The van der Waals surface area contributed by atoms with Crippen molar-refractivity contribution in [2.75, 3.05) is 13.6 Å². The van der Waals surface area contributed by atoms with Crippen molar-refractivity contribution >= 4 is 21.9 Å². The molecule has 0 aliphatic rings. The molecule has 0 spiro atoms. The van der Waals surface area contributed by atoms with E-state index >= 15 is 0 Å². The zero-order valence-electron chi connectivity index (χ0n) is 11.1. The second-order valence-electron chi connectivity index (χ2n) is 4.63. The number of benzene rings is 1. The zero-order valence-corrected chi connectivity index (χ0v) is 12.7. The summed E-state index contributed by atoms with van der Waals surface area (Å²) in [6.45, 7) is 1.10. The molecule has 20 heavy (non-hydrogen) atoms. The van der Waals surface area contributed by atoms with Crippen LogP contribution in [0, 0.1) is 0 Å². The zero-order chi connectivity index (χ0) is 14.5. The van der Waals surface area contributed by atoms with Crippen LogP contribution in [0.1, 0.15) is 12.2 Å². The average Bonchev–Trinajstić information content (AvgIpc) is 2.85. The summed E-state index contributed by atoms with van der Waals surface area (Å²) < 4.78 is 1.04. The summed E-state index contributed by atoms with van der Waals surface area (Å²) in [7, 11) is 1.88. The lowest BCUT2D eigenvalue weighted by Gasteiger charge is -2.13. The summed E-state index contributed by atoms with van der Waals surface area (Å²) in [4.78, 5) is 20.0. The topological polar surface area (TPSA) is 69.2 Å². The lowest BCUT2D eigenvalue weighted by molar-refractivity contribution is -0.137. The predicted molar refractivity (Wildman–Crippen MR) is 80.3 cm³/mol. The number of nitrogens with zero attached hydrogens (tertiary/aromatic N) is 2. The standard InChI is InChI=1S/C14H16BrN3O2/c1-18(7-6-14(19)20)9-13-16-8-12(17-13)10-2-4-11(15)5-3-10/h2-5,8H,6-7,9H2,1H3,(H,16,17)(H,19,20). The Morgan fingerprint density at radius 3 is 2.75 bits per heavy atom. The van der Waals surface area contributed by atoms with Crippen molar-refractivity contribution in [3.8, 4) is 11.3 Å². The van der Waals surface area contributed by atoms with Gasteiger partial charge >= 0.3 is 5.97 Å². The number of hydrogen-bond donors (Lipinski definition) is 2. The number of hydrogen-bond acceptors (Lipinski definition) is 3. The van der Waals surface area contributed by atoms with Gasteiger partial charge in [-0.2, -0.15) is 0 Å². The molecule has 106 valence electrons. The van der Waals surface area contributed by atoms with E-state index < -0.39 is 5.97 Å². The second-order valence-corrected chi connectivity index (χ2v) is 5.55. The van der Waals surface area contributed by atoms with Gasteiger partial charge in [0.2, 0.25) is 0 Å². The Hall–Kier alpha value is -1.66. The average molecular weight is 338 g/mol. The van der Waals surface area contributed by atoms with E-state index in [2.05, 4.69) is 25.9 Å². The number of aromatic amines is 1. The van der Waals surface area contributed by atoms with Crippen LogP contribution in [0.2, 0.25) is 0 Å². The fourth-order valence-corrected chi connectivity index (χ4v) is 2.10. The quantitative estimate of drug-likeness (QED) is 0.850. The summed E-state index contributed by atoms with van der Waals surface area (Å²) >= 11 is 3.40. The van der Waals surface area contributed by atoms with Gasteiger partial charge < -0.3 is 10.1 Å². The Labute approximate surface area is 125 Å². The van der Waals surface area contributed by atoms with E-state index in [1.807, 2.05) is 36.2 Å². The molecule has 2 aromatic rings. The van der Waals surface area contributed by atoms with Gasteiger partial charge in [0.25, 0.3) is 0 Å². The lowest BCUT2D eigenvalue weighted by Crippen LogP contribution is -2.21. The van der Waals surface area contributed by atoms with Crippen LogP contribution in [-0.2, 0) is 11.3 Å². The minimum Gasteiger partial charge on any atom is -0.481 e. The maximum Gasteiger partial charge on any atom is 0.304 e. The van der Waals surface area contributed by atoms with E-state index in [1.54, 1.807) is 6.20 Å². The highest BCUT2D eigenvalue weighted by atomic mass is 79.9. The predicted octanol–water partition coefficient (Wildman–Crippen LogP) is 2.75. The molecule has 0 fully saturated rings. The van der Waals surface area contributed by atoms with Crippen molar-refractivity contribution in [2.45, 2.75) is 13.0 Å². The van der Waals surface area contributed by atoms with E-state index in [9.17, 15) is 4.79 Å². The van der Waals surface area contributed by atoms with Crippen LogP contribution < -0.4 is 0 Å². The normalized spacial score (nSPS) is 10.9. The Bertz CT molecular complexity index is 580. The number of carboxylic acid groups (broad SMARTS) is 1. The Morgan fingerprint density at radius 1 is 1.40 bits per heavy atom. The number of carbonyl (C=O) groups is 1. The molecule has 0 unspecified atom stereocenters. The van der Waals surface area contributed by atoms with Crippen molar-refractivity contribution in [2.24, 2.45) is 0 Å². The monoisotopic (exact) mass is 337 g/mol. The smallest absolute Gasteiger partial charge is 0.304 e. The van der Waals surface area contributed by atoms with Crippen molar-refractivity contribution in [3.63, 3.8) is 0 Å². The van der Waals surface area contributed by atoms with Gasteiger partial charge in [0.15, 0.2) is 0 Å². The number of halogens is 1. The molecule has 2 N–H and O–H groups in total. The van der Waals surface area contributed by atoms with E-state index in [4.69, 9.17) is 5.11 Å². The highest BCUT2D eigenvalue weighted by Crippen LogP contribution is 2.20. The molecule has 0 saturated heterocycles. The number of imidazole rings is 1. The molecule has 5 nitrogen and oxygen atoms in total. The first kappa shape index (κ1) is 14.7. The van der Waals surface area contributed by atoms with Crippen molar-refractivity contribution in [1.29, 1.82) is 0 Å². The molecule has 0 bridgehead atoms. The molecular formula is C14H16BrN3O2. The first-order chi connectivity index (χ1) is 9.54. The van der Waals surface area contributed by atoms with E-state index in [0.29, 0.717) is 13.1 Å². The van der Waals surface area contributed by atoms with Gasteiger partial charge in [0, 0.05) is 11.0 Å². The summed E-state index contributed by atoms with van der Waals surface area (Å²) in [5.41, 5.74) is 2.03.